The summed E-state index contributed by atoms with van der Waals surface area (Å²) in [7, 11) is 5.04. The number of hydrogen-bond donors (Lipinski definition) is 0. The zero-order valence-electron chi connectivity index (χ0n) is 14.0. The third kappa shape index (κ3) is 3.84. The Balaban J connectivity index is 2.22. The summed E-state index contributed by atoms with van der Waals surface area (Å²) in [4.78, 5) is 14.1. The minimum Gasteiger partial charge on any atom is -0.493 e. The van der Waals surface area contributed by atoms with Crippen LogP contribution in [0.15, 0.2) is 12.1 Å². The first-order chi connectivity index (χ1) is 10.5. The van der Waals surface area contributed by atoms with E-state index in [1.807, 2.05) is 37.9 Å². The predicted octanol–water partition coefficient (Wildman–Crippen LogP) is 2.65. The average Bonchev–Trinajstić information content (AvgIpc) is 3.31. The monoisotopic (exact) mass is 307 g/mol. The Labute approximate surface area is 132 Å². The number of ether oxygens (including phenoxy) is 3. The molecule has 0 atom stereocenters. The molecular formula is C17H25NO4. The van der Waals surface area contributed by atoms with Gasteiger partial charge in [0, 0.05) is 13.1 Å². The van der Waals surface area contributed by atoms with E-state index in [2.05, 4.69) is 0 Å². The molecule has 0 radical (unpaired) electrons. The zero-order chi connectivity index (χ0) is 16.3. The summed E-state index contributed by atoms with van der Waals surface area (Å²) < 4.78 is 16.6. The lowest BCUT2D eigenvalue weighted by Gasteiger charge is -2.19. The number of nitrogens with zero attached hydrogens (tertiary/aromatic N) is 1. The minimum absolute atomic E-state index is 0.0104. The summed E-state index contributed by atoms with van der Waals surface area (Å²) in [6, 6.07) is 4.11. The summed E-state index contributed by atoms with van der Waals surface area (Å²) in [6.07, 6.45) is 2.56. The van der Waals surface area contributed by atoms with Gasteiger partial charge >= 0.3 is 0 Å². The molecule has 0 aliphatic heterocycles. The van der Waals surface area contributed by atoms with Gasteiger partial charge in [-0.05, 0) is 44.4 Å². The molecule has 0 bridgehead atoms. The summed E-state index contributed by atoms with van der Waals surface area (Å²) in [5.41, 5.74) is 0.863. The Bertz CT molecular complexity index is 512. The fourth-order valence-electron chi connectivity index (χ4n) is 2.35. The van der Waals surface area contributed by atoms with Gasteiger partial charge in [0.05, 0.1) is 26.7 Å². The second kappa shape index (κ2) is 6.90. The molecule has 22 heavy (non-hydrogen) atoms. The van der Waals surface area contributed by atoms with Crippen molar-refractivity contribution in [1.29, 1.82) is 0 Å². The van der Waals surface area contributed by atoms with Crippen LogP contribution in [0.4, 0.5) is 0 Å². The first-order valence-corrected chi connectivity index (χ1v) is 7.63. The van der Waals surface area contributed by atoms with Crippen molar-refractivity contribution in [3.8, 4) is 17.2 Å². The number of hydrogen-bond acceptors (Lipinski definition) is 4. The maximum absolute atomic E-state index is 12.3. The third-order valence-electron chi connectivity index (χ3n) is 3.72. The van der Waals surface area contributed by atoms with Crippen LogP contribution in [-0.4, -0.2) is 44.2 Å². The lowest BCUT2D eigenvalue weighted by atomic mass is 10.1. The Kier molecular flexibility index (Phi) is 5.16. The SMILES string of the molecule is COc1cc(CC(=O)N(C)C2CC2)cc(OC)c1OC(C)C. The van der Waals surface area contributed by atoms with Gasteiger partial charge in [-0.25, -0.2) is 0 Å². The number of benzene rings is 1. The Morgan fingerprint density at radius 1 is 1.23 bits per heavy atom. The first-order valence-electron chi connectivity index (χ1n) is 7.63. The molecule has 0 unspecified atom stereocenters. The molecule has 2 rings (SSSR count). The van der Waals surface area contributed by atoms with Gasteiger partial charge in [-0.3, -0.25) is 4.79 Å². The van der Waals surface area contributed by atoms with Crippen LogP contribution in [0.25, 0.3) is 0 Å². The van der Waals surface area contributed by atoms with Gasteiger partial charge < -0.3 is 19.1 Å². The molecule has 1 saturated carbocycles. The molecule has 0 heterocycles. The van der Waals surface area contributed by atoms with Crippen molar-refractivity contribution < 1.29 is 19.0 Å². The number of likely N-dealkylation sites (N-methyl/N-ethyl adjacent to an activating group) is 1. The fraction of sp³-hybridized carbons (Fsp3) is 0.588. The summed E-state index contributed by atoms with van der Waals surface area (Å²) >= 11 is 0. The lowest BCUT2D eigenvalue weighted by molar-refractivity contribution is -0.129. The maximum Gasteiger partial charge on any atom is 0.226 e. The molecule has 1 aliphatic rings. The normalized spacial score (nSPS) is 13.9. The van der Waals surface area contributed by atoms with E-state index < -0.39 is 0 Å². The van der Waals surface area contributed by atoms with Crippen LogP contribution in [0.5, 0.6) is 17.2 Å². The van der Waals surface area contributed by atoms with Gasteiger partial charge in [0.25, 0.3) is 0 Å². The van der Waals surface area contributed by atoms with Gasteiger partial charge in [-0.1, -0.05) is 0 Å². The van der Waals surface area contributed by atoms with Gasteiger partial charge in [0.15, 0.2) is 11.5 Å². The molecule has 122 valence electrons. The Hall–Kier alpha value is -1.91. The van der Waals surface area contributed by atoms with E-state index >= 15 is 0 Å². The highest BCUT2D eigenvalue weighted by Crippen LogP contribution is 2.39. The molecule has 1 aliphatic carbocycles. The number of carbonyl (C=O) groups excluding carboxylic acids is 1. The molecule has 0 saturated heterocycles. The zero-order valence-corrected chi connectivity index (χ0v) is 14.0. The highest BCUT2D eigenvalue weighted by molar-refractivity contribution is 5.79. The fourth-order valence-corrected chi connectivity index (χ4v) is 2.35. The minimum atomic E-state index is 0.0104. The van der Waals surface area contributed by atoms with E-state index in [0.29, 0.717) is 29.7 Å². The number of rotatable bonds is 7. The Morgan fingerprint density at radius 3 is 2.18 bits per heavy atom. The van der Waals surface area contributed by atoms with Crippen LogP contribution >= 0.6 is 0 Å². The van der Waals surface area contributed by atoms with Crippen LogP contribution < -0.4 is 14.2 Å². The van der Waals surface area contributed by atoms with Crippen LogP contribution in [0.3, 0.4) is 0 Å². The van der Waals surface area contributed by atoms with E-state index in [1.54, 1.807) is 14.2 Å². The van der Waals surface area contributed by atoms with E-state index in [1.165, 1.54) is 0 Å². The second-order valence-electron chi connectivity index (χ2n) is 5.91. The summed E-state index contributed by atoms with van der Waals surface area (Å²) in [5.74, 6) is 1.87. The molecule has 1 amide bonds. The number of methoxy groups -OCH3 is 2. The molecule has 5 heteroatoms. The summed E-state index contributed by atoms with van der Waals surface area (Å²) in [6.45, 7) is 3.89. The molecule has 0 spiro atoms. The molecule has 5 nitrogen and oxygen atoms in total. The molecular weight excluding hydrogens is 282 g/mol. The van der Waals surface area contributed by atoms with E-state index in [0.717, 1.165) is 18.4 Å². The number of amides is 1. The summed E-state index contributed by atoms with van der Waals surface area (Å²) in [5, 5.41) is 0. The Morgan fingerprint density at radius 2 is 1.77 bits per heavy atom. The molecule has 1 aromatic carbocycles. The van der Waals surface area contributed by atoms with Gasteiger partial charge in [0.2, 0.25) is 11.7 Å². The van der Waals surface area contributed by atoms with Crippen molar-refractivity contribution in [3.05, 3.63) is 17.7 Å². The maximum atomic E-state index is 12.3. The molecule has 1 fully saturated rings. The van der Waals surface area contributed by atoms with Crippen LogP contribution in [0.2, 0.25) is 0 Å². The lowest BCUT2D eigenvalue weighted by Crippen LogP contribution is -2.30. The molecule has 0 aromatic heterocycles. The highest BCUT2D eigenvalue weighted by atomic mass is 16.5. The standard InChI is InChI=1S/C17H25NO4/c1-11(2)22-17-14(20-4)8-12(9-15(17)21-5)10-16(19)18(3)13-6-7-13/h8-9,11,13H,6-7,10H2,1-5H3. The van der Waals surface area contributed by atoms with E-state index in [-0.39, 0.29) is 12.0 Å². The van der Waals surface area contributed by atoms with Crippen molar-refractivity contribution in [2.75, 3.05) is 21.3 Å². The van der Waals surface area contributed by atoms with E-state index in [9.17, 15) is 4.79 Å². The van der Waals surface area contributed by atoms with Crippen LogP contribution in [0.1, 0.15) is 32.3 Å². The topological polar surface area (TPSA) is 48.0 Å². The van der Waals surface area contributed by atoms with Crippen molar-refractivity contribution in [2.24, 2.45) is 0 Å². The van der Waals surface area contributed by atoms with Crippen molar-refractivity contribution >= 4 is 5.91 Å². The number of carbonyl (C=O) groups is 1. The van der Waals surface area contributed by atoms with Crippen LogP contribution in [-0.2, 0) is 11.2 Å². The second-order valence-corrected chi connectivity index (χ2v) is 5.91. The third-order valence-corrected chi connectivity index (χ3v) is 3.72. The average molecular weight is 307 g/mol. The smallest absolute Gasteiger partial charge is 0.226 e. The van der Waals surface area contributed by atoms with Crippen molar-refractivity contribution in [1.82, 2.24) is 4.90 Å². The largest absolute Gasteiger partial charge is 0.493 e. The van der Waals surface area contributed by atoms with E-state index in [4.69, 9.17) is 14.2 Å². The first kappa shape index (κ1) is 16.5. The molecule has 1 aromatic rings. The predicted molar refractivity (Wildman–Crippen MR) is 84.8 cm³/mol. The quantitative estimate of drug-likeness (QED) is 0.777. The van der Waals surface area contributed by atoms with Crippen molar-refractivity contribution in [2.45, 2.75) is 45.3 Å². The van der Waals surface area contributed by atoms with Gasteiger partial charge in [0.1, 0.15) is 0 Å². The van der Waals surface area contributed by atoms with Crippen LogP contribution in [0, 0.1) is 0 Å². The highest BCUT2D eigenvalue weighted by Gasteiger charge is 2.29. The van der Waals surface area contributed by atoms with Gasteiger partial charge in [-0.15, -0.1) is 0 Å². The molecule has 0 N–H and O–H groups in total. The van der Waals surface area contributed by atoms with Gasteiger partial charge in [-0.2, -0.15) is 0 Å². The van der Waals surface area contributed by atoms with Crippen molar-refractivity contribution in [3.63, 3.8) is 0 Å².